The predicted octanol–water partition coefficient (Wildman–Crippen LogP) is 3.70. The Hall–Kier alpha value is -0.590. The standard InChI is InChI=1S/C18H33N3/c1-5-17(6-2)9-11-21(12-10-17)16-7-8-18(13-16,14-19)20-15(3)4/h15-16,20H,5-13H2,1-4H3. The fourth-order valence-electron chi connectivity index (χ4n) is 4.47. The summed E-state index contributed by atoms with van der Waals surface area (Å²) < 4.78 is 0. The van der Waals surface area contributed by atoms with Crippen molar-refractivity contribution in [3.8, 4) is 6.07 Å². The lowest BCUT2D eigenvalue weighted by Crippen LogP contribution is -2.48. The second kappa shape index (κ2) is 6.67. The van der Waals surface area contributed by atoms with E-state index in [1.807, 2.05) is 0 Å². The molecule has 2 atom stereocenters. The van der Waals surface area contributed by atoms with E-state index >= 15 is 0 Å². The van der Waals surface area contributed by atoms with E-state index in [0.29, 0.717) is 17.5 Å². The van der Waals surface area contributed by atoms with Crippen molar-refractivity contribution in [1.82, 2.24) is 10.2 Å². The van der Waals surface area contributed by atoms with Crippen molar-refractivity contribution in [2.24, 2.45) is 5.41 Å². The summed E-state index contributed by atoms with van der Waals surface area (Å²) in [6.45, 7) is 11.4. The Kier molecular flexibility index (Phi) is 5.33. The third kappa shape index (κ3) is 3.60. The first-order valence-electron chi connectivity index (χ1n) is 8.91. The van der Waals surface area contributed by atoms with Crippen LogP contribution in [0.3, 0.4) is 0 Å². The summed E-state index contributed by atoms with van der Waals surface area (Å²) in [5.74, 6) is 0. The summed E-state index contributed by atoms with van der Waals surface area (Å²) in [5, 5.41) is 13.1. The molecule has 2 aliphatic rings. The molecule has 2 fully saturated rings. The normalized spacial score (nSPS) is 33.2. The van der Waals surface area contributed by atoms with Crippen LogP contribution in [0.25, 0.3) is 0 Å². The summed E-state index contributed by atoms with van der Waals surface area (Å²) in [5.41, 5.74) is 0.320. The van der Waals surface area contributed by atoms with Gasteiger partial charge in [-0.2, -0.15) is 5.26 Å². The maximum absolute atomic E-state index is 9.61. The molecule has 2 unspecified atom stereocenters. The van der Waals surface area contributed by atoms with Crippen molar-refractivity contribution in [1.29, 1.82) is 5.26 Å². The fraction of sp³-hybridized carbons (Fsp3) is 0.944. The minimum Gasteiger partial charge on any atom is -0.300 e. The summed E-state index contributed by atoms with van der Waals surface area (Å²) >= 11 is 0. The lowest BCUT2D eigenvalue weighted by molar-refractivity contribution is 0.0660. The van der Waals surface area contributed by atoms with Crippen LogP contribution in [-0.4, -0.2) is 35.6 Å². The third-order valence-electron chi connectivity index (χ3n) is 6.14. The Morgan fingerprint density at radius 1 is 1.19 bits per heavy atom. The minimum absolute atomic E-state index is 0.275. The van der Waals surface area contributed by atoms with Gasteiger partial charge < -0.3 is 4.90 Å². The van der Waals surface area contributed by atoms with Crippen molar-refractivity contribution >= 4 is 0 Å². The van der Waals surface area contributed by atoms with Crippen LogP contribution in [0.1, 0.15) is 72.6 Å². The van der Waals surface area contributed by atoms with Crippen molar-refractivity contribution in [3.63, 3.8) is 0 Å². The molecule has 1 aliphatic carbocycles. The van der Waals surface area contributed by atoms with Gasteiger partial charge in [0.05, 0.1) is 6.07 Å². The van der Waals surface area contributed by atoms with E-state index in [1.54, 1.807) is 0 Å². The van der Waals surface area contributed by atoms with Crippen molar-refractivity contribution in [3.05, 3.63) is 0 Å². The summed E-state index contributed by atoms with van der Waals surface area (Å²) in [6, 6.07) is 3.58. The molecule has 1 aliphatic heterocycles. The lowest BCUT2D eigenvalue weighted by Gasteiger charge is -2.43. The summed E-state index contributed by atoms with van der Waals surface area (Å²) in [7, 11) is 0. The molecular weight excluding hydrogens is 258 g/mol. The number of likely N-dealkylation sites (tertiary alicyclic amines) is 1. The minimum atomic E-state index is -0.275. The molecule has 0 aromatic carbocycles. The Balaban J connectivity index is 1.93. The van der Waals surface area contributed by atoms with Crippen molar-refractivity contribution in [2.45, 2.75) is 90.3 Å². The molecule has 1 saturated heterocycles. The van der Waals surface area contributed by atoms with Gasteiger partial charge in [0, 0.05) is 12.1 Å². The smallest absolute Gasteiger partial charge is 0.108 e. The van der Waals surface area contributed by atoms with Crippen LogP contribution in [0.15, 0.2) is 0 Å². The molecule has 1 saturated carbocycles. The molecule has 1 N–H and O–H groups in total. The van der Waals surface area contributed by atoms with Gasteiger partial charge in [0.15, 0.2) is 0 Å². The van der Waals surface area contributed by atoms with E-state index < -0.39 is 0 Å². The number of hydrogen-bond donors (Lipinski definition) is 1. The van der Waals surface area contributed by atoms with Crippen LogP contribution in [0.4, 0.5) is 0 Å². The number of hydrogen-bond acceptors (Lipinski definition) is 3. The highest BCUT2D eigenvalue weighted by atomic mass is 15.2. The monoisotopic (exact) mass is 291 g/mol. The first kappa shape index (κ1) is 16.8. The molecule has 0 aromatic rings. The van der Waals surface area contributed by atoms with Gasteiger partial charge >= 0.3 is 0 Å². The number of nitriles is 1. The molecule has 0 radical (unpaired) electrons. The zero-order valence-electron chi connectivity index (χ0n) is 14.4. The van der Waals surface area contributed by atoms with E-state index in [4.69, 9.17) is 0 Å². The highest BCUT2D eigenvalue weighted by Crippen LogP contribution is 2.41. The Morgan fingerprint density at radius 3 is 2.29 bits per heavy atom. The van der Waals surface area contributed by atoms with Gasteiger partial charge in [-0.25, -0.2) is 0 Å². The first-order valence-corrected chi connectivity index (χ1v) is 8.91. The third-order valence-corrected chi connectivity index (χ3v) is 6.14. The zero-order valence-corrected chi connectivity index (χ0v) is 14.4. The fourth-order valence-corrected chi connectivity index (χ4v) is 4.47. The number of nitrogens with zero attached hydrogens (tertiary/aromatic N) is 2. The van der Waals surface area contributed by atoms with Crippen LogP contribution in [0.2, 0.25) is 0 Å². The second-order valence-electron chi connectivity index (χ2n) is 7.63. The highest BCUT2D eigenvalue weighted by Gasteiger charge is 2.43. The van der Waals surface area contributed by atoms with E-state index in [1.165, 1.54) is 45.2 Å². The second-order valence-corrected chi connectivity index (χ2v) is 7.63. The zero-order chi connectivity index (χ0) is 15.5. The van der Waals surface area contributed by atoms with Gasteiger partial charge in [0.2, 0.25) is 0 Å². The molecule has 1 heterocycles. The van der Waals surface area contributed by atoms with Crippen molar-refractivity contribution in [2.75, 3.05) is 13.1 Å². The van der Waals surface area contributed by atoms with Gasteiger partial charge in [0.1, 0.15) is 5.54 Å². The Bertz CT molecular complexity index is 370. The average Bonchev–Trinajstić information content (AvgIpc) is 2.91. The van der Waals surface area contributed by atoms with E-state index in [-0.39, 0.29) is 5.54 Å². The molecule has 3 heteroatoms. The van der Waals surface area contributed by atoms with E-state index in [0.717, 1.165) is 12.8 Å². The van der Waals surface area contributed by atoms with E-state index in [2.05, 4.69) is 44.0 Å². The van der Waals surface area contributed by atoms with Gasteiger partial charge in [-0.1, -0.05) is 26.7 Å². The Morgan fingerprint density at radius 2 is 1.81 bits per heavy atom. The lowest BCUT2D eigenvalue weighted by atomic mass is 9.74. The van der Waals surface area contributed by atoms with Gasteiger partial charge in [0.25, 0.3) is 0 Å². The molecule has 2 rings (SSSR count). The number of nitrogens with one attached hydrogen (secondary N) is 1. The van der Waals surface area contributed by atoms with Gasteiger partial charge in [-0.3, -0.25) is 5.32 Å². The molecule has 21 heavy (non-hydrogen) atoms. The molecular formula is C18H33N3. The number of rotatable bonds is 5. The van der Waals surface area contributed by atoms with Crippen LogP contribution in [-0.2, 0) is 0 Å². The maximum atomic E-state index is 9.61. The van der Waals surface area contributed by atoms with E-state index in [9.17, 15) is 5.26 Å². The maximum Gasteiger partial charge on any atom is 0.108 e. The Labute approximate surface area is 131 Å². The molecule has 3 nitrogen and oxygen atoms in total. The summed E-state index contributed by atoms with van der Waals surface area (Å²) in [6.07, 6.45) is 8.51. The summed E-state index contributed by atoms with van der Waals surface area (Å²) in [4.78, 5) is 2.67. The molecule has 0 spiro atoms. The highest BCUT2D eigenvalue weighted by molar-refractivity contribution is 5.14. The van der Waals surface area contributed by atoms with Crippen LogP contribution < -0.4 is 5.32 Å². The SMILES string of the molecule is CCC1(CC)CCN(C2CCC(C#N)(NC(C)C)C2)CC1. The van der Waals surface area contributed by atoms with Crippen molar-refractivity contribution < 1.29 is 0 Å². The predicted molar refractivity (Wildman–Crippen MR) is 88.1 cm³/mol. The molecule has 0 aromatic heterocycles. The van der Waals surface area contributed by atoms with Gasteiger partial charge in [-0.15, -0.1) is 0 Å². The van der Waals surface area contributed by atoms with Gasteiger partial charge in [-0.05, 0) is 64.5 Å². The quantitative estimate of drug-likeness (QED) is 0.839. The molecule has 0 amide bonds. The van der Waals surface area contributed by atoms with Crippen LogP contribution in [0, 0.1) is 16.7 Å². The largest absolute Gasteiger partial charge is 0.300 e. The molecule has 120 valence electrons. The van der Waals surface area contributed by atoms with Crippen LogP contribution >= 0.6 is 0 Å². The molecule has 0 bridgehead atoms. The first-order chi connectivity index (χ1) is 9.98. The van der Waals surface area contributed by atoms with Crippen LogP contribution in [0.5, 0.6) is 0 Å². The number of piperidine rings is 1. The topological polar surface area (TPSA) is 39.1 Å². The average molecular weight is 291 g/mol.